The second-order valence-corrected chi connectivity index (χ2v) is 5.61. The summed E-state index contributed by atoms with van der Waals surface area (Å²) < 4.78 is 7.62. The molecule has 7 heteroatoms. The molecule has 0 radical (unpaired) electrons. The van der Waals surface area contributed by atoms with Crippen molar-refractivity contribution in [1.82, 2.24) is 14.5 Å². The molecule has 1 unspecified atom stereocenters. The molecule has 3 rings (SSSR count). The second-order valence-electron chi connectivity index (χ2n) is 4.67. The van der Waals surface area contributed by atoms with Crippen molar-refractivity contribution in [2.24, 2.45) is 0 Å². The van der Waals surface area contributed by atoms with Crippen LogP contribution in [0.3, 0.4) is 0 Å². The van der Waals surface area contributed by atoms with Gasteiger partial charge >= 0.3 is 5.97 Å². The fourth-order valence-electron chi connectivity index (χ4n) is 2.33. The van der Waals surface area contributed by atoms with Gasteiger partial charge < -0.3 is 14.4 Å². The van der Waals surface area contributed by atoms with Crippen LogP contribution < -0.4 is 0 Å². The Morgan fingerprint density at radius 1 is 1.60 bits per heavy atom. The molecule has 1 atom stereocenters. The molecule has 3 heterocycles. The van der Waals surface area contributed by atoms with Gasteiger partial charge in [0.05, 0.1) is 18.4 Å². The molecule has 0 saturated carbocycles. The molecule has 0 aliphatic carbocycles. The maximum Gasteiger partial charge on any atom is 0.313 e. The highest BCUT2D eigenvalue weighted by molar-refractivity contribution is 7.99. The number of fused-ring (bicyclic) bond motifs is 1. The van der Waals surface area contributed by atoms with E-state index in [1.165, 1.54) is 11.8 Å². The van der Waals surface area contributed by atoms with Gasteiger partial charge in [0.2, 0.25) is 0 Å². The Kier molecular flexibility index (Phi) is 3.88. The highest BCUT2D eigenvalue weighted by atomic mass is 32.2. The van der Waals surface area contributed by atoms with E-state index in [0.717, 1.165) is 30.6 Å². The molecule has 2 aromatic heterocycles. The molecule has 1 aliphatic rings. The number of carbonyl (C=O) groups is 1. The second kappa shape index (κ2) is 5.80. The van der Waals surface area contributed by atoms with Gasteiger partial charge in [0.1, 0.15) is 5.52 Å². The average molecular weight is 293 g/mol. The van der Waals surface area contributed by atoms with Crippen molar-refractivity contribution in [3.8, 4) is 0 Å². The molecule has 106 valence electrons. The minimum Gasteiger partial charge on any atom is -0.481 e. The zero-order valence-electron chi connectivity index (χ0n) is 10.9. The Hall–Kier alpha value is -1.60. The van der Waals surface area contributed by atoms with Gasteiger partial charge in [-0.2, -0.15) is 0 Å². The number of imidazole rings is 1. The Labute approximate surface area is 120 Å². The lowest BCUT2D eigenvalue weighted by Gasteiger charge is -2.12. The number of nitrogens with zero attached hydrogens (tertiary/aromatic N) is 3. The van der Waals surface area contributed by atoms with Gasteiger partial charge in [0.15, 0.2) is 10.8 Å². The molecule has 0 bridgehead atoms. The Bertz CT molecular complexity index is 622. The van der Waals surface area contributed by atoms with E-state index in [4.69, 9.17) is 9.84 Å². The summed E-state index contributed by atoms with van der Waals surface area (Å²) in [7, 11) is 0. The van der Waals surface area contributed by atoms with Crippen LogP contribution in [0.4, 0.5) is 0 Å². The number of aromatic nitrogens is 3. The molecule has 0 amide bonds. The predicted octanol–water partition coefficient (Wildman–Crippen LogP) is 1.79. The molecule has 6 nitrogen and oxygen atoms in total. The number of thioether (sulfide) groups is 1. The van der Waals surface area contributed by atoms with E-state index in [-0.39, 0.29) is 11.9 Å². The highest BCUT2D eigenvalue weighted by Crippen LogP contribution is 2.25. The van der Waals surface area contributed by atoms with Gasteiger partial charge in [-0.3, -0.25) is 4.79 Å². The van der Waals surface area contributed by atoms with Crippen LogP contribution in [0.25, 0.3) is 11.2 Å². The first-order valence-corrected chi connectivity index (χ1v) is 7.50. The molecule has 0 aromatic carbocycles. The molecular weight excluding hydrogens is 278 g/mol. The number of carboxylic acid groups (broad SMARTS) is 1. The third kappa shape index (κ3) is 2.78. The number of aliphatic carboxylic acids is 1. The van der Waals surface area contributed by atoms with E-state index in [1.807, 2.05) is 16.7 Å². The lowest BCUT2D eigenvalue weighted by atomic mass is 10.2. The van der Waals surface area contributed by atoms with E-state index >= 15 is 0 Å². The van der Waals surface area contributed by atoms with Crippen LogP contribution in [0.5, 0.6) is 0 Å². The van der Waals surface area contributed by atoms with Crippen LogP contribution in [0.15, 0.2) is 23.5 Å². The topological polar surface area (TPSA) is 77.2 Å². The Morgan fingerprint density at radius 2 is 2.50 bits per heavy atom. The fourth-order valence-corrected chi connectivity index (χ4v) is 3.06. The van der Waals surface area contributed by atoms with E-state index < -0.39 is 5.97 Å². The first kappa shape index (κ1) is 13.4. The monoisotopic (exact) mass is 293 g/mol. The smallest absolute Gasteiger partial charge is 0.313 e. The maximum atomic E-state index is 10.7. The van der Waals surface area contributed by atoms with Crippen LogP contribution >= 0.6 is 11.8 Å². The SMILES string of the molecule is O=C(O)CSc1nc2cccnc2n1CC1CCCO1. The number of carboxylic acids is 1. The van der Waals surface area contributed by atoms with Gasteiger partial charge in [-0.05, 0) is 25.0 Å². The average Bonchev–Trinajstić information content (AvgIpc) is 3.05. The van der Waals surface area contributed by atoms with Gasteiger partial charge in [0.25, 0.3) is 0 Å². The molecule has 2 aromatic rings. The Morgan fingerprint density at radius 3 is 3.25 bits per heavy atom. The number of ether oxygens (including phenoxy) is 1. The van der Waals surface area contributed by atoms with Crippen LogP contribution in [0.2, 0.25) is 0 Å². The standard InChI is InChI=1S/C13H15N3O3S/c17-11(18)8-20-13-15-10-4-1-5-14-12(10)16(13)7-9-3-2-6-19-9/h1,4-5,9H,2-3,6-8H2,(H,17,18). The lowest BCUT2D eigenvalue weighted by Crippen LogP contribution is -2.16. The number of hydrogen-bond acceptors (Lipinski definition) is 5. The van der Waals surface area contributed by atoms with Crippen molar-refractivity contribution in [1.29, 1.82) is 0 Å². The van der Waals surface area contributed by atoms with E-state index in [2.05, 4.69) is 9.97 Å². The van der Waals surface area contributed by atoms with E-state index in [9.17, 15) is 4.79 Å². The summed E-state index contributed by atoms with van der Waals surface area (Å²) in [6.45, 7) is 1.47. The quantitative estimate of drug-likeness (QED) is 0.847. The van der Waals surface area contributed by atoms with Crippen molar-refractivity contribution in [3.63, 3.8) is 0 Å². The predicted molar refractivity (Wildman–Crippen MR) is 74.9 cm³/mol. The first-order valence-electron chi connectivity index (χ1n) is 6.51. The molecule has 1 saturated heterocycles. The number of rotatable bonds is 5. The lowest BCUT2D eigenvalue weighted by molar-refractivity contribution is -0.133. The molecule has 1 aliphatic heterocycles. The summed E-state index contributed by atoms with van der Waals surface area (Å²) in [6, 6.07) is 3.72. The summed E-state index contributed by atoms with van der Waals surface area (Å²) in [5.74, 6) is -0.854. The maximum absolute atomic E-state index is 10.7. The van der Waals surface area contributed by atoms with Crippen LogP contribution in [-0.2, 0) is 16.1 Å². The van der Waals surface area contributed by atoms with Gasteiger partial charge in [-0.25, -0.2) is 9.97 Å². The van der Waals surface area contributed by atoms with Crippen LogP contribution in [0.1, 0.15) is 12.8 Å². The van der Waals surface area contributed by atoms with Crippen molar-refractivity contribution in [2.75, 3.05) is 12.4 Å². The summed E-state index contributed by atoms with van der Waals surface area (Å²) in [4.78, 5) is 19.6. The summed E-state index contributed by atoms with van der Waals surface area (Å²) >= 11 is 1.22. The van der Waals surface area contributed by atoms with E-state index in [0.29, 0.717) is 11.7 Å². The van der Waals surface area contributed by atoms with Crippen molar-refractivity contribution in [3.05, 3.63) is 18.3 Å². The molecule has 1 fully saturated rings. The van der Waals surface area contributed by atoms with Gasteiger partial charge in [-0.1, -0.05) is 11.8 Å². The zero-order chi connectivity index (χ0) is 13.9. The zero-order valence-corrected chi connectivity index (χ0v) is 11.7. The van der Waals surface area contributed by atoms with Crippen molar-refractivity contribution < 1.29 is 14.6 Å². The fraction of sp³-hybridized carbons (Fsp3) is 0.462. The third-order valence-corrected chi connectivity index (χ3v) is 4.16. The summed E-state index contributed by atoms with van der Waals surface area (Å²) in [5.41, 5.74) is 1.58. The van der Waals surface area contributed by atoms with Crippen LogP contribution in [0, 0.1) is 0 Å². The normalized spacial score (nSPS) is 18.7. The summed E-state index contributed by atoms with van der Waals surface area (Å²) in [5, 5.41) is 9.52. The third-order valence-electron chi connectivity index (χ3n) is 3.20. The number of pyridine rings is 1. The minimum atomic E-state index is -0.848. The number of hydrogen-bond donors (Lipinski definition) is 1. The Balaban J connectivity index is 1.91. The van der Waals surface area contributed by atoms with Crippen LogP contribution in [-0.4, -0.2) is 44.1 Å². The molecule has 20 heavy (non-hydrogen) atoms. The molecule has 1 N–H and O–H groups in total. The minimum absolute atomic E-state index is 0.00511. The highest BCUT2D eigenvalue weighted by Gasteiger charge is 2.20. The largest absolute Gasteiger partial charge is 0.481 e. The van der Waals surface area contributed by atoms with E-state index in [1.54, 1.807) is 6.20 Å². The molecule has 0 spiro atoms. The van der Waals surface area contributed by atoms with Gasteiger partial charge in [0, 0.05) is 12.8 Å². The van der Waals surface area contributed by atoms with Crippen molar-refractivity contribution in [2.45, 2.75) is 30.6 Å². The van der Waals surface area contributed by atoms with Gasteiger partial charge in [-0.15, -0.1) is 0 Å². The first-order chi connectivity index (χ1) is 9.74. The van der Waals surface area contributed by atoms with Crippen molar-refractivity contribution >= 4 is 28.9 Å². The summed E-state index contributed by atoms with van der Waals surface area (Å²) in [6.07, 6.45) is 3.98. The molecular formula is C13H15N3O3S.